The normalized spacial score (nSPS) is 19.0. The van der Waals surface area contributed by atoms with Crippen LogP contribution < -0.4 is 21.1 Å². The largest absolute Gasteiger partial charge is 0.497 e. The second kappa shape index (κ2) is 10.2. The fourth-order valence-electron chi connectivity index (χ4n) is 5.34. The van der Waals surface area contributed by atoms with E-state index in [0.717, 1.165) is 30.6 Å². The summed E-state index contributed by atoms with van der Waals surface area (Å²) in [5.74, 6) is 0.308. The van der Waals surface area contributed by atoms with Crippen molar-refractivity contribution in [2.24, 2.45) is 10.7 Å². The zero-order valence-electron chi connectivity index (χ0n) is 21.8. The molecule has 1 aromatic carbocycles. The van der Waals surface area contributed by atoms with E-state index in [-0.39, 0.29) is 0 Å². The third-order valence-corrected chi connectivity index (χ3v) is 7.58. The zero-order chi connectivity index (χ0) is 27.9. The number of pyridine rings is 1. The number of benzene rings is 1. The number of methoxy groups -OCH3 is 1. The maximum absolute atomic E-state index is 15.1. The number of hydrogen-bond acceptors (Lipinski definition) is 9. The highest BCUT2D eigenvalue weighted by molar-refractivity contribution is 6.68. The first-order valence-corrected chi connectivity index (χ1v) is 13.1. The predicted octanol–water partition coefficient (Wildman–Crippen LogP) is 4.06. The van der Waals surface area contributed by atoms with Crippen LogP contribution in [-0.2, 0) is 6.54 Å². The van der Waals surface area contributed by atoms with Gasteiger partial charge in [0.15, 0.2) is 11.5 Å². The molecule has 10 nitrogen and oxygen atoms in total. The van der Waals surface area contributed by atoms with Gasteiger partial charge in [0.05, 0.1) is 37.6 Å². The Hall–Kier alpha value is -4.51. The van der Waals surface area contributed by atoms with E-state index in [0.29, 0.717) is 57.9 Å². The number of nitrogen functional groups attached to an aromatic ring is 1. The van der Waals surface area contributed by atoms with Gasteiger partial charge in [0.1, 0.15) is 34.1 Å². The Labute approximate surface area is 234 Å². The molecule has 1 atom stereocenters. The summed E-state index contributed by atoms with van der Waals surface area (Å²) >= 11 is 6.39. The van der Waals surface area contributed by atoms with Gasteiger partial charge in [0.2, 0.25) is 0 Å². The van der Waals surface area contributed by atoms with Gasteiger partial charge in [-0.25, -0.2) is 19.3 Å². The van der Waals surface area contributed by atoms with Crippen LogP contribution in [0.2, 0.25) is 0 Å². The summed E-state index contributed by atoms with van der Waals surface area (Å²) < 4.78 is 22.1. The van der Waals surface area contributed by atoms with Gasteiger partial charge in [0.25, 0.3) is 0 Å². The number of nitrogens with zero attached hydrogens (tertiary/aromatic N) is 7. The van der Waals surface area contributed by atoms with Crippen LogP contribution in [-0.4, -0.2) is 55.4 Å². The number of halogens is 2. The lowest BCUT2D eigenvalue weighted by molar-refractivity contribution is 0.396. The summed E-state index contributed by atoms with van der Waals surface area (Å²) in [5, 5.41) is 0.407. The molecular formula is C28H27ClFN9O. The van der Waals surface area contributed by atoms with Gasteiger partial charge in [-0.05, 0) is 48.8 Å². The minimum Gasteiger partial charge on any atom is -0.497 e. The molecule has 12 heteroatoms. The second-order valence-electron chi connectivity index (χ2n) is 9.82. The first-order chi connectivity index (χ1) is 19.4. The molecule has 6 rings (SSSR count). The van der Waals surface area contributed by atoms with E-state index >= 15 is 4.39 Å². The maximum atomic E-state index is 15.1. The molecule has 40 heavy (non-hydrogen) atoms. The number of allylic oxidation sites excluding steroid dienone is 3. The zero-order valence-corrected chi connectivity index (χ0v) is 22.5. The standard InChI is InChI=1S/C28H27ClFN9O/c1-40-18-6-7-19(20(30)11-18)21-10-17(13-39-16-36-25-26(32)34-15-35-27(25)39)22(12-33-21)38-9-3-8-28(14-38)23(31)4-2-5-24(29)37-28/h2,4-7,10-12,15-16H,3,8-9,13-14,31H2,1H3,(H2,32,34,35)/t28-/m1/s1. The SMILES string of the molecule is COc1ccc(-c2cc(Cn3cnc4c(N)ncnc43)c(N3CCC[C@]4(C3)N=C(Cl)C=CC=C4N)cn2)c(F)c1. The van der Waals surface area contributed by atoms with E-state index in [9.17, 15) is 0 Å². The van der Waals surface area contributed by atoms with Crippen LogP contribution in [0, 0.1) is 5.82 Å². The Morgan fingerprint density at radius 2 is 2.02 bits per heavy atom. The van der Waals surface area contributed by atoms with Crippen molar-refractivity contribution < 1.29 is 9.13 Å². The lowest BCUT2D eigenvalue weighted by Gasteiger charge is -2.42. The minimum atomic E-state index is -0.666. The molecule has 5 heterocycles. The monoisotopic (exact) mass is 559 g/mol. The van der Waals surface area contributed by atoms with Crippen molar-refractivity contribution in [2.75, 3.05) is 30.8 Å². The molecule has 0 bridgehead atoms. The Morgan fingerprint density at radius 3 is 2.85 bits per heavy atom. The molecule has 2 aliphatic heterocycles. The van der Waals surface area contributed by atoms with Crippen LogP contribution in [0.25, 0.3) is 22.4 Å². The van der Waals surface area contributed by atoms with Crippen LogP contribution in [0.4, 0.5) is 15.9 Å². The van der Waals surface area contributed by atoms with E-state index in [1.807, 2.05) is 22.8 Å². The first kappa shape index (κ1) is 25.8. The lowest BCUT2D eigenvalue weighted by Crippen LogP contribution is -2.50. The third-order valence-electron chi connectivity index (χ3n) is 7.37. The Kier molecular flexibility index (Phi) is 6.59. The fourth-order valence-corrected chi connectivity index (χ4v) is 5.57. The average molecular weight is 560 g/mol. The predicted molar refractivity (Wildman–Crippen MR) is 154 cm³/mol. The highest BCUT2D eigenvalue weighted by atomic mass is 35.5. The number of piperidine rings is 1. The van der Waals surface area contributed by atoms with Gasteiger partial charge in [-0.3, -0.25) is 9.98 Å². The van der Waals surface area contributed by atoms with Crippen molar-refractivity contribution in [1.82, 2.24) is 24.5 Å². The van der Waals surface area contributed by atoms with Crippen molar-refractivity contribution in [3.05, 3.63) is 78.4 Å². The van der Waals surface area contributed by atoms with Gasteiger partial charge in [-0.1, -0.05) is 17.7 Å². The maximum Gasteiger partial charge on any atom is 0.165 e. The highest BCUT2D eigenvalue weighted by Gasteiger charge is 2.39. The molecule has 0 aliphatic carbocycles. The lowest BCUT2D eigenvalue weighted by atomic mass is 9.86. The Balaban J connectivity index is 1.44. The van der Waals surface area contributed by atoms with Gasteiger partial charge < -0.3 is 25.7 Å². The van der Waals surface area contributed by atoms with Gasteiger partial charge in [-0.2, -0.15) is 0 Å². The number of fused-ring (bicyclic) bond motifs is 1. The van der Waals surface area contributed by atoms with Crippen molar-refractivity contribution in [1.29, 1.82) is 0 Å². The van der Waals surface area contributed by atoms with E-state index in [2.05, 4.69) is 24.8 Å². The van der Waals surface area contributed by atoms with Crippen molar-refractivity contribution >= 4 is 39.4 Å². The number of ether oxygens (including phenoxy) is 1. The number of rotatable bonds is 5. The van der Waals surface area contributed by atoms with Gasteiger partial charge in [0, 0.05) is 30.4 Å². The van der Waals surface area contributed by atoms with Crippen LogP contribution in [0.1, 0.15) is 18.4 Å². The molecule has 0 radical (unpaired) electrons. The third kappa shape index (κ3) is 4.62. The molecule has 4 aromatic rings. The minimum absolute atomic E-state index is 0.302. The number of hydrogen-bond donors (Lipinski definition) is 2. The van der Waals surface area contributed by atoms with Crippen LogP contribution in [0.3, 0.4) is 0 Å². The molecule has 204 valence electrons. The molecule has 1 spiro atoms. The molecule has 4 N–H and O–H groups in total. The summed E-state index contributed by atoms with van der Waals surface area (Å²) in [4.78, 5) is 24.5. The molecule has 3 aromatic heterocycles. The van der Waals surface area contributed by atoms with E-state index in [1.165, 1.54) is 19.5 Å². The summed E-state index contributed by atoms with van der Waals surface area (Å²) in [6, 6.07) is 6.61. The Morgan fingerprint density at radius 1 is 1.15 bits per heavy atom. The summed E-state index contributed by atoms with van der Waals surface area (Å²) in [7, 11) is 1.50. The number of imidazole rings is 1. The molecule has 1 saturated heterocycles. The number of anilines is 2. The molecule has 2 aliphatic rings. The number of aliphatic imine (C=N–C) groups is 1. The van der Waals surface area contributed by atoms with Gasteiger partial charge >= 0.3 is 0 Å². The highest BCUT2D eigenvalue weighted by Crippen LogP contribution is 2.37. The first-order valence-electron chi connectivity index (χ1n) is 12.8. The van der Waals surface area contributed by atoms with Crippen molar-refractivity contribution in [3.8, 4) is 17.0 Å². The quantitative estimate of drug-likeness (QED) is 0.374. The average Bonchev–Trinajstić information content (AvgIpc) is 3.31. The van der Waals surface area contributed by atoms with Crippen LogP contribution >= 0.6 is 11.6 Å². The van der Waals surface area contributed by atoms with Crippen molar-refractivity contribution in [3.63, 3.8) is 0 Å². The van der Waals surface area contributed by atoms with E-state index in [1.54, 1.807) is 30.7 Å². The summed E-state index contributed by atoms with van der Waals surface area (Å²) in [6.07, 6.45) is 11.9. The topological polar surface area (TPSA) is 133 Å². The van der Waals surface area contributed by atoms with Crippen LogP contribution in [0.5, 0.6) is 5.75 Å². The summed E-state index contributed by atoms with van der Waals surface area (Å²) in [6.45, 7) is 1.66. The molecule has 1 fully saturated rings. The smallest absolute Gasteiger partial charge is 0.165 e. The fraction of sp³-hybridized carbons (Fsp3) is 0.250. The molecular weight excluding hydrogens is 533 g/mol. The van der Waals surface area contributed by atoms with E-state index < -0.39 is 11.4 Å². The second-order valence-corrected chi connectivity index (χ2v) is 10.2. The van der Waals surface area contributed by atoms with Crippen LogP contribution in [0.15, 0.2) is 72.0 Å². The number of nitrogens with two attached hydrogens (primary N) is 2. The molecule has 0 unspecified atom stereocenters. The molecule has 0 amide bonds. The van der Waals surface area contributed by atoms with E-state index in [4.69, 9.17) is 32.8 Å². The number of aromatic nitrogens is 5. The van der Waals surface area contributed by atoms with Gasteiger partial charge in [-0.15, -0.1) is 0 Å². The molecule has 0 saturated carbocycles. The Bertz CT molecular complexity index is 1700. The summed E-state index contributed by atoms with van der Waals surface area (Å²) in [5.41, 5.74) is 16.3. The van der Waals surface area contributed by atoms with Crippen molar-refractivity contribution in [2.45, 2.75) is 24.9 Å².